The van der Waals surface area contributed by atoms with Crippen LogP contribution in [0.1, 0.15) is 15.9 Å². The van der Waals surface area contributed by atoms with Crippen molar-refractivity contribution in [1.29, 1.82) is 5.26 Å². The van der Waals surface area contributed by atoms with Crippen LogP contribution in [-0.4, -0.2) is 29.1 Å². The summed E-state index contributed by atoms with van der Waals surface area (Å²) in [5.74, 6) is 0.393. The van der Waals surface area contributed by atoms with E-state index in [2.05, 4.69) is 15.6 Å². The van der Waals surface area contributed by atoms with Gasteiger partial charge in [-0.25, -0.2) is 4.98 Å². The Labute approximate surface area is 122 Å². The van der Waals surface area contributed by atoms with Crippen molar-refractivity contribution in [3.05, 3.63) is 53.7 Å². The molecular formula is C15H14N4O2. The van der Waals surface area contributed by atoms with Crippen LogP contribution in [0, 0.1) is 11.3 Å². The van der Waals surface area contributed by atoms with E-state index in [0.717, 1.165) is 0 Å². The van der Waals surface area contributed by atoms with E-state index in [0.29, 0.717) is 30.0 Å². The summed E-state index contributed by atoms with van der Waals surface area (Å²) < 4.78 is 0. The Morgan fingerprint density at radius 2 is 2.00 bits per heavy atom. The number of pyridine rings is 1. The lowest BCUT2D eigenvalue weighted by Crippen LogP contribution is -2.28. The van der Waals surface area contributed by atoms with Crippen molar-refractivity contribution in [2.75, 3.05) is 18.4 Å². The zero-order valence-corrected chi connectivity index (χ0v) is 11.2. The van der Waals surface area contributed by atoms with E-state index in [-0.39, 0.29) is 11.7 Å². The highest BCUT2D eigenvalue weighted by Crippen LogP contribution is 2.10. The predicted molar refractivity (Wildman–Crippen MR) is 77.9 cm³/mol. The molecule has 0 aliphatic carbocycles. The van der Waals surface area contributed by atoms with Crippen LogP contribution in [-0.2, 0) is 0 Å². The van der Waals surface area contributed by atoms with Gasteiger partial charge in [0.15, 0.2) is 0 Å². The van der Waals surface area contributed by atoms with Crippen LogP contribution in [0.15, 0.2) is 42.6 Å². The number of hydrogen-bond acceptors (Lipinski definition) is 5. The first-order valence-electron chi connectivity index (χ1n) is 6.37. The summed E-state index contributed by atoms with van der Waals surface area (Å²) in [4.78, 5) is 15.9. The summed E-state index contributed by atoms with van der Waals surface area (Å²) in [5, 5.41) is 23.8. The van der Waals surface area contributed by atoms with Gasteiger partial charge in [0.1, 0.15) is 17.6 Å². The molecule has 0 bridgehead atoms. The summed E-state index contributed by atoms with van der Waals surface area (Å²) >= 11 is 0. The highest BCUT2D eigenvalue weighted by atomic mass is 16.3. The second-order valence-electron chi connectivity index (χ2n) is 4.24. The number of phenolic OH excluding ortho intramolecular Hbond substituents is 1. The first-order valence-corrected chi connectivity index (χ1v) is 6.37. The first kappa shape index (κ1) is 14.3. The van der Waals surface area contributed by atoms with Gasteiger partial charge in [-0.05, 0) is 36.4 Å². The van der Waals surface area contributed by atoms with Crippen LogP contribution in [0.4, 0.5) is 5.82 Å². The number of rotatable bonds is 5. The summed E-state index contributed by atoms with van der Waals surface area (Å²) in [5.41, 5.74) is 0.936. The molecule has 6 nitrogen and oxygen atoms in total. The largest absolute Gasteiger partial charge is 0.508 e. The Balaban J connectivity index is 1.81. The molecule has 106 valence electrons. The molecular weight excluding hydrogens is 268 g/mol. The van der Waals surface area contributed by atoms with Gasteiger partial charge in [-0.15, -0.1) is 0 Å². The number of nitriles is 1. The fourth-order valence-corrected chi connectivity index (χ4v) is 1.71. The zero-order chi connectivity index (χ0) is 15.1. The maximum atomic E-state index is 11.8. The Morgan fingerprint density at radius 1 is 1.24 bits per heavy atom. The molecule has 1 heterocycles. The lowest BCUT2D eigenvalue weighted by atomic mass is 10.2. The number of aromatic hydroxyl groups is 1. The van der Waals surface area contributed by atoms with Crippen molar-refractivity contribution in [3.63, 3.8) is 0 Å². The fourth-order valence-electron chi connectivity index (χ4n) is 1.71. The molecule has 2 rings (SSSR count). The maximum absolute atomic E-state index is 11.8. The number of phenols is 1. The van der Waals surface area contributed by atoms with Crippen molar-refractivity contribution in [3.8, 4) is 11.8 Å². The molecule has 0 spiro atoms. The third-order valence-electron chi connectivity index (χ3n) is 2.76. The van der Waals surface area contributed by atoms with Gasteiger partial charge in [0.2, 0.25) is 0 Å². The van der Waals surface area contributed by atoms with Crippen molar-refractivity contribution >= 4 is 11.7 Å². The van der Waals surface area contributed by atoms with Gasteiger partial charge in [-0.3, -0.25) is 4.79 Å². The molecule has 1 amide bonds. The number of hydrogen-bond donors (Lipinski definition) is 3. The minimum atomic E-state index is -0.224. The molecule has 0 unspecified atom stereocenters. The number of benzene rings is 1. The van der Waals surface area contributed by atoms with Crippen LogP contribution in [0.3, 0.4) is 0 Å². The van der Waals surface area contributed by atoms with Gasteiger partial charge < -0.3 is 15.7 Å². The van der Waals surface area contributed by atoms with Crippen LogP contribution in [0.25, 0.3) is 0 Å². The van der Waals surface area contributed by atoms with E-state index in [1.807, 2.05) is 6.07 Å². The topological polar surface area (TPSA) is 98.0 Å². The molecule has 0 saturated heterocycles. The summed E-state index contributed by atoms with van der Waals surface area (Å²) in [6.45, 7) is 0.844. The average Bonchev–Trinajstić information content (AvgIpc) is 2.52. The molecule has 6 heteroatoms. The molecule has 0 saturated carbocycles. The van der Waals surface area contributed by atoms with E-state index in [4.69, 9.17) is 10.4 Å². The molecule has 0 fully saturated rings. The van der Waals surface area contributed by atoms with Crippen LogP contribution in [0.5, 0.6) is 5.75 Å². The first-order chi connectivity index (χ1) is 10.2. The highest BCUT2D eigenvalue weighted by Gasteiger charge is 2.05. The van der Waals surface area contributed by atoms with E-state index in [1.54, 1.807) is 30.5 Å². The monoisotopic (exact) mass is 282 g/mol. The molecule has 0 aliphatic heterocycles. The molecule has 2 aromatic rings. The second kappa shape index (κ2) is 6.91. The number of nitrogens with zero attached hydrogens (tertiary/aromatic N) is 2. The third kappa shape index (κ3) is 3.94. The second-order valence-corrected chi connectivity index (χ2v) is 4.24. The summed E-state index contributed by atoms with van der Waals surface area (Å²) in [6, 6.07) is 11.4. The van der Waals surface area contributed by atoms with Gasteiger partial charge >= 0.3 is 0 Å². The molecule has 0 aliphatic rings. The number of anilines is 1. The minimum absolute atomic E-state index is 0.118. The third-order valence-corrected chi connectivity index (χ3v) is 2.76. The van der Waals surface area contributed by atoms with Gasteiger partial charge in [-0.1, -0.05) is 0 Å². The Morgan fingerprint density at radius 3 is 2.71 bits per heavy atom. The number of amides is 1. The smallest absolute Gasteiger partial charge is 0.251 e. The Bertz CT molecular complexity index is 662. The molecule has 3 N–H and O–H groups in total. The van der Waals surface area contributed by atoms with E-state index in [9.17, 15) is 4.79 Å². The van der Waals surface area contributed by atoms with Crippen molar-refractivity contribution in [1.82, 2.24) is 10.3 Å². The summed E-state index contributed by atoms with van der Waals surface area (Å²) in [6.07, 6.45) is 1.60. The lowest BCUT2D eigenvalue weighted by molar-refractivity contribution is 0.0955. The van der Waals surface area contributed by atoms with Crippen molar-refractivity contribution in [2.45, 2.75) is 0 Å². The number of carbonyl (C=O) groups is 1. The normalized spacial score (nSPS) is 9.67. The Kier molecular flexibility index (Phi) is 4.72. The Hall–Kier alpha value is -3.07. The van der Waals surface area contributed by atoms with Crippen LogP contribution >= 0.6 is 0 Å². The molecule has 1 aromatic carbocycles. The molecule has 0 radical (unpaired) electrons. The van der Waals surface area contributed by atoms with E-state index >= 15 is 0 Å². The quantitative estimate of drug-likeness (QED) is 0.722. The fraction of sp³-hybridized carbons (Fsp3) is 0.133. The number of aromatic nitrogens is 1. The SMILES string of the molecule is N#Cc1cccnc1NCCNC(=O)c1ccc(O)cc1. The summed E-state index contributed by atoms with van der Waals surface area (Å²) in [7, 11) is 0. The maximum Gasteiger partial charge on any atom is 0.251 e. The standard InChI is InChI=1S/C15H14N4O2/c16-10-12-2-1-7-17-14(12)18-8-9-19-15(21)11-3-5-13(20)6-4-11/h1-7,20H,8-9H2,(H,17,18)(H,19,21). The molecule has 0 atom stereocenters. The predicted octanol–water partition coefficient (Wildman–Crippen LogP) is 1.50. The molecule has 21 heavy (non-hydrogen) atoms. The van der Waals surface area contributed by atoms with Crippen molar-refractivity contribution in [2.24, 2.45) is 0 Å². The van der Waals surface area contributed by atoms with Crippen LogP contribution < -0.4 is 10.6 Å². The van der Waals surface area contributed by atoms with Gasteiger partial charge in [0.25, 0.3) is 5.91 Å². The van der Waals surface area contributed by atoms with Gasteiger partial charge in [-0.2, -0.15) is 5.26 Å². The lowest BCUT2D eigenvalue weighted by Gasteiger charge is -2.08. The van der Waals surface area contributed by atoms with Gasteiger partial charge in [0.05, 0.1) is 5.56 Å². The molecule has 1 aromatic heterocycles. The highest BCUT2D eigenvalue weighted by molar-refractivity contribution is 5.94. The zero-order valence-electron chi connectivity index (χ0n) is 11.2. The average molecular weight is 282 g/mol. The minimum Gasteiger partial charge on any atom is -0.508 e. The van der Waals surface area contributed by atoms with Crippen molar-refractivity contribution < 1.29 is 9.90 Å². The van der Waals surface area contributed by atoms with Gasteiger partial charge in [0, 0.05) is 24.8 Å². The van der Waals surface area contributed by atoms with Crippen LogP contribution in [0.2, 0.25) is 0 Å². The number of carbonyl (C=O) groups excluding carboxylic acids is 1. The van der Waals surface area contributed by atoms with E-state index in [1.165, 1.54) is 12.1 Å². The van der Waals surface area contributed by atoms with E-state index < -0.39 is 0 Å². The number of nitrogens with one attached hydrogen (secondary N) is 2.